The second kappa shape index (κ2) is 6.02. The van der Waals surface area contributed by atoms with Gasteiger partial charge in [0.25, 0.3) is 0 Å². The first-order valence-electron chi connectivity index (χ1n) is 6.80. The van der Waals surface area contributed by atoms with Gasteiger partial charge < -0.3 is 14.8 Å². The van der Waals surface area contributed by atoms with Crippen molar-refractivity contribution < 1.29 is 9.47 Å². The minimum atomic E-state index is -0.0261. The van der Waals surface area contributed by atoms with Crippen LogP contribution in [-0.2, 0) is 4.74 Å². The third kappa shape index (κ3) is 3.54. The minimum Gasteiger partial charge on any atom is -0.495 e. The summed E-state index contributed by atoms with van der Waals surface area (Å²) in [4.78, 5) is 0. The van der Waals surface area contributed by atoms with Crippen LogP contribution in [0.5, 0.6) is 5.75 Å². The van der Waals surface area contributed by atoms with E-state index in [4.69, 9.17) is 21.1 Å². The number of benzene rings is 1. The van der Waals surface area contributed by atoms with Gasteiger partial charge >= 0.3 is 0 Å². The lowest BCUT2D eigenvalue weighted by molar-refractivity contribution is -0.0709. The molecule has 0 aromatic heterocycles. The van der Waals surface area contributed by atoms with Crippen molar-refractivity contribution in [2.24, 2.45) is 0 Å². The van der Waals surface area contributed by atoms with Gasteiger partial charge in [0.2, 0.25) is 0 Å². The van der Waals surface area contributed by atoms with Gasteiger partial charge in [-0.3, -0.25) is 0 Å². The average Bonchev–Trinajstić information content (AvgIpc) is 2.39. The molecule has 2 unspecified atom stereocenters. The molecule has 2 atom stereocenters. The van der Waals surface area contributed by atoms with Gasteiger partial charge in [0, 0.05) is 17.7 Å². The zero-order valence-corrected chi connectivity index (χ0v) is 12.6. The molecule has 1 aromatic rings. The molecule has 1 N–H and O–H groups in total. The van der Waals surface area contributed by atoms with E-state index in [1.165, 1.54) is 0 Å². The molecule has 0 spiro atoms. The van der Waals surface area contributed by atoms with Gasteiger partial charge in [0.05, 0.1) is 18.4 Å². The van der Waals surface area contributed by atoms with Crippen LogP contribution < -0.4 is 10.1 Å². The highest BCUT2D eigenvalue weighted by Crippen LogP contribution is 2.33. The lowest BCUT2D eigenvalue weighted by atomic mass is 9.90. The van der Waals surface area contributed by atoms with Crippen LogP contribution in [0.1, 0.15) is 33.1 Å². The maximum atomic E-state index is 6.05. The number of ether oxygens (including phenoxy) is 2. The molecule has 1 aromatic carbocycles. The number of anilines is 1. The van der Waals surface area contributed by atoms with E-state index in [2.05, 4.69) is 19.2 Å². The van der Waals surface area contributed by atoms with Gasteiger partial charge in [-0.25, -0.2) is 0 Å². The maximum Gasteiger partial charge on any atom is 0.142 e. The number of hydrogen-bond acceptors (Lipinski definition) is 3. The monoisotopic (exact) mass is 283 g/mol. The predicted octanol–water partition coefficient (Wildman–Crippen LogP) is 4.11. The molecule has 0 bridgehead atoms. The van der Waals surface area contributed by atoms with E-state index in [1.807, 2.05) is 18.2 Å². The Hall–Kier alpha value is -0.930. The van der Waals surface area contributed by atoms with Gasteiger partial charge in [-0.15, -0.1) is 0 Å². The molecule has 1 aliphatic rings. The molecule has 1 saturated heterocycles. The molecule has 2 rings (SSSR count). The fraction of sp³-hybridized carbons (Fsp3) is 0.600. The van der Waals surface area contributed by atoms with E-state index < -0.39 is 0 Å². The lowest BCUT2D eigenvalue weighted by Gasteiger charge is -2.38. The highest BCUT2D eigenvalue weighted by Gasteiger charge is 2.31. The van der Waals surface area contributed by atoms with E-state index >= 15 is 0 Å². The number of nitrogens with one attached hydrogen (secondary N) is 1. The van der Waals surface area contributed by atoms with Crippen LogP contribution >= 0.6 is 11.6 Å². The standard InChI is InChI=1S/C15H22ClNO2/c1-4-15(2)10-12(7-8-19-15)17-13-9-11(16)5-6-14(13)18-3/h5-6,9,12,17H,4,7-8,10H2,1-3H3. The van der Waals surface area contributed by atoms with Crippen molar-refractivity contribution in [2.45, 2.75) is 44.8 Å². The van der Waals surface area contributed by atoms with Crippen molar-refractivity contribution in [3.63, 3.8) is 0 Å². The summed E-state index contributed by atoms with van der Waals surface area (Å²) in [7, 11) is 1.68. The van der Waals surface area contributed by atoms with Gasteiger partial charge in [-0.2, -0.15) is 0 Å². The molecule has 0 amide bonds. The van der Waals surface area contributed by atoms with E-state index in [9.17, 15) is 0 Å². The Labute approximate surface area is 120 Å². The molecule has 19 heavy (non-hydrogen) atoms. The van der Waals surface area contributed by atoms with E-state index in [0.717, 1.165) is 37.3 Å². The van der Waals surface area contributed by atoms with Crippen LogP contribution in [0.2, 0.25) is 5.02 Å². The van der Waals surface area contributed by atoms with Crippen LogP contribution in [0.25, 0.3) is 0 Å². The first-order chi connectivity index (χ1) is 9.06. The average molecular weight is 284 g/mol. The molecule has 0 saturated carbocycles. The molecule has 0 radical (unpaired) electrons. The quantitative estimate of drug-likeness (QED) is 0.902. The minimum absolute atomic E-state index is 0.0261. The third-order valence-corrected chi connectivity index (χ3v) is 4.10. The summed E-state index contributed by atoms with van der Waals surface area (Å²) in [5, 5.41) is 4.26. The number of rotatable bonds is 4. The van der Waals surface area contributed by atoms with Crippen LogP contribution in [0.15, 0.2) is 18.2 Å². The second-order valence-corrected chi connectivity index (χ2v) is 5.77. The molecule has 4 heteroatoms. The molecular formula is C15H22ClNO2. The Morgan fingerprint density at radius 1 is 1.53 bits per heavy atom. The topological polar surface area (TPSA) is 30.5 Å². The fourth-order valence-electron chi connectivity index (χ4n) is 2.51. The molecule has 106 valence electrons. The number of halogens is 1. The van der Waals surface area contributed by atoms with Gasteiger partial charge in [-0.05, 0) is 44.4 Å². The molecule has 1 aliphatic heterocycles. The SMILES string of the molecule is CCC1(C)CC(Nc2cc(Cl)ccc2OC)CCO1. The van der Waals surface area contributed by atoms with Crippen molar-refractivity contribution >= 4 is 17.3 Å². The Kier molecular flexibility index (Phi) is 4.58. The normalized spacial score (nSPS) is 27.1. The fourth-order valence-corrected chi connectivity index (χ4v) is 2.68. The van der Waals surface area contributed by atoms with Gasteiger partial charge in [-0.1, -0.05) is 18.5 Å². The smallest absolute Gasteiger partial charge is 0.142 e. The van der Waals surface area contributed by atoms with E-state index in [1.54, 1.807) is 7.11 Å². The summed E-state index contributed by atoms with van der Waals surface area (Å²) in [6.45, 7) is 5.14. The largest absolute Gasteiger partial charge is 0.495 e. The third-order valence-electron chi connectivity index (χ3n) is 3.86. The van der Waals surface area contributed by atoms with Crippen molar-refractivity contribution in [1.29, 1.82) is 0 Å². The van der Waals surface area contributed by atoms with Crippen LogP contribution in [-0.4, -0.2) is 25.4 Å². The Balaban J connectivity index is 2.10. The zero-order chi connectivity index (χ0) is 13.9. The first kappa shape index (κ1) is 14.5. The number of hydrogen-bond donors (Lipinski definition) is 1. The number of methoxy groups -OCH3 is 1. The second-order valence-electron chi connectivity index (χ2n) is 5.33. The molecule has 1 fully saturated rings. The predicted molar refractivity (Wildman–Crippen MR) is 79.3 cm³/mol. The summed E-state index contributed by atoms with van der Waals surface area (Å²) < 4.78 is 11.2. The van der Waals surface area contributed by atoms with Crippen molar-refractivity contribution in [2.75, 3.05) is 19.0 Å². The zero-order valence-electron chi connectivity index (χ0n) is 11.8. The molecule has 0 aliphatic carbocycles. The molecule has 3 nitrogen and oxygen atoms in total. The highest BCUT2D eigenvalue weighted by molar-refractivity contribution is 6.30. The maximum absolute atomic E-state index is 6.05. The Morgan fingerprint density at radius 2 is 2.32 bits per heavy atom. The van der Waals surface area contributed by atoms with E-state index in [-0.39, 0.29) is 5.60 Å². The summed E-state index contributed by atoms with van der Waals surface area (Å²) in [5.74, 6) is 0.828. The van der Waals surface area contributed by atoms with Crippen molar-refractivity contribution in [3.05, 3.63) is 23.2 Å². The van der Waals surface area contributed by atoms with Crippen LogP contribution in [0, 0.1) is 0 Å². The first-order valence-corrected chi connectivity index (χ1v) is 7.18. The lowest BCUT2D eigenvalue weighted by Crippen LogP contribution is -2.41. The Bertz CT molecular complexity index is 438. The van der Waals surface area contributed by atoms with Gasteiger partial charge in [0.15, 0.2) is 0 Å². The van der Waals surface area contributed by atoms with E-state index in [0.29, 0.717) is 11.1 Å². The molecular weight excluding hydrogens is 262 g/mol. The Morgan fingerprint density at radius 3 is 3.00 bits per heavy atom. The summed E-state index contributed by atoms with van der Waals surface area (Å²) >= 11 is 6.05. The van der Waals surface area contributed by atoms with Crippen LogP contribution in [0.3, 0.4) is 0 Å². The summed E-state index contributed by atoms with van der Waals surface area (Å²) in [5.41, 5.74) is 0.933. The molecule has 1 heterocycles. The van der Waals surface area contributed by atoms with Crippen molar-refractivity contribution in [3.8, 4) is 5.75 Å². The van der Waals surface area contributed by atoms with Crippen molar-refractivity contribution in [1.82, 2.24) is 0 Å². The van der Waals surface area contributed by atoms with Crippen LogP contribution in [0.4, 0.5) is 5.69 Å². The summed E-state index contributed by atoms with van der Waals surface area (Å²) in [6, 6.07) is 6.04. The summed E-state index contributed by atoms with van der Waals surface area (Å²) in [6.07, 6.45) is 3.03. The van der Waals surface area contributed by atoms with Gasteiger partial charge in [0.1, 0.15) is 5.75 Å². The highest BCUT2D eigenvalue weighted by atomic mass is 35.5.